The van der Waals surface area contributed by atoms with Crippen molar-refractivity contribution in [1.29, 1.82) is 0 Å². The number of hydrogen-bond acceptors (Lipinski definition) is 2. The second-order valence-corrected chi connectivity index (χ2v) is 4.50. The van der Waals surface area contributed by atoms with Crippen LogP contribution in [0.3, 0.4) is 0 Å². The average molecular weight is 280 g/mol. The van der Waals surface area contributed by atoms with E-state index in [0.717, 1.165) is 17.0 Å². The molecule has 0 amide bonds. The summed E-state index contributed by atoms with van der Waals surface area (Å²) < 4.78 is 6.20. The summed E-state index contributed by atoms with van der Waals surface area (Å²) in [5.74, 6) is 0.939. The predicted molar refractivity (Wildman–Crippen MR) is 68.1 cm³/mol. The highest BCUT2D eigenvalue weighted by Gasteiger charge is 2.05. The molecule has 2 aromatic rings. The van der Waals surface area contributed by atoms with Crippen molar-refractivity contribution >= 4 is 15.9 Å². The minimum atomic E-state index is 0.324. The quantitative estimate of drug-likeness (QED) is 0.919. The fraction of sp³-hybridized carbons (Fsp3) is 0.231. The molecule has 1 aromatic carbocycles. The molecule has 0 bridgehead atoms. The van der Waals surface area contributed by atoms with Crippen molar-refractivity contribution in [1.82, 2.24) is 5.32 Å². The highest BCUT2D eigenvalue weighted by Crippen LogP contribution is 2.16. The van der Waals surface area contributed by atoms with E-state index in [-0.39, 0.29) is 0 Å². The standard InChI is InChI=1S/C13H14BrNO/c1-10(11-5-3-2-4-6-11)15-9-12-7-8-13(14)16-12/h2-8,10,15H,9H2,1H3/t10-/m1/s1. The van der Waals surface area contributed by atoms with Gasteiger partial charge in [-0.25, -0.2) is 0 Å². The largest absolute Gasteiger partial charge is 0.453 e. The topological polar surface area (TPSA) is 25.2 Å². The summed E-state index contributed by atoms with van der Waals surface area (Å²) in [6.07, 6.45) is 0. The van der Waals surface area contributed by atoms with Crippen LogP contribution in [0.1, 0.15) is 24.3 Å². The Morgan fingerprint density at radius 3 is 2.56 bits per heavy atom. The molecule has 16 heavy (non-hydrogen) atoms. The van der Waals surface area contributed by atoms with Gasteiger partial charge >= 0.3 is 0 Å². The molecule has 84 valence electrons. The molecule has 0 aliphatic heterocycles. The predicted octanol–water partition coefficient (Wildman–Crippen LogP) is 3.89. The van der Waals surface area contributed by atoms with E-state index < -0.39 is 0 Å². The SMILES string of the molecule is C[C@@H](NCc1ccc(Br)o1)c1ccccc1. The van der Waals surface area contributed by atoms with E-state index in [1.54, 1.807) is 0 Å². The first-order chi connectivity index (χ1) is 7.75. The molecule has 0 saturated heterocycles. The van der Waals surface area contributed by atoms with Gasteiger partial charge in [-0.1, -0.05) is 30.3 Å². The zero-order valence-corrected chi connectivity index (χ0v) is 10.7. The van der Waals surface area contributed by atoms with E-state index in [2.05, 4.69) is 52.4 Å². The lowest BCUT2D eigenvalue weighted by atomic mass is 10.1. The summed E-state index contributed by atoms with van der Waals surface area (Å²) >= 11 is 3.29. The molecule has 1 atom stereocenters. The second kappa shape index (κ2) is 5.32. The summed E-state index contributed by atoms with van der Waals surface area (Å²) in [6.45, 7) is 2.88. The number of benzene rings is 1. The molecule has 0 saturated carbocycles. The van der Waals surface area contributed by atoms with E-state index in [1.165, 1.54) is 5.56 Å². The third kappa shape index (κ3) is 2.97. The van der Waals surface area contributed by atoms with Crippen molar-refractivity contribution in [3.05, 3.63) is 58.5 Å². The Hall–Kier alpha value is -1.06. The van der Waals surface area contributed by atoms with Gasteiger partial charge in [0.2, 0.25) is 0 Å². The van der Waals surface area contributed by atoms with Crippen LogP contribution in [0.2, 0.25) is 0 Å². The van der Waals surface area contributed by atoms with E-state index in [4.69, 9.17) is 4.42 Å². The number of rotatable bonds is 4. The highest BCUT2D eigenvalue weighted by atomic mass is 79.9. The van der Waals surface area contributed by atoms with Crippen LogP contribution in [-0.4, -0.2) is 0 Å². The zero-order valence-electron chi connectivity index (χ0n) is 9.11. The molecule has 3 heteroatoms. The molecule has 2 nitrogen and oxygen atoms in total. The van der Waals surface area contributed by atoms with Crippen LogP contribution in [0.25, 0.3) is 0 Å². The summed E-state index contributed by atoms with van der Waals surface area (Å²) in [6, 6.07) is 14.6. The summed E-state index contributed by atoms with van der Waals surface area (Å²) in [7, 11) is 0. The monoisotopic (exact) mass is 279 g/mol. The lowest BCUT2D eigenvalue weighted by molar-refractivity contribution is 0.447. The van der Waals surface area contributed by atoms with Crippen molar-refractivity contribution in [3.63, 3.8) is 0 Å². The second-order valence-electron chi connectivity index (χ2n) is 3.72. The highest BCUT2D eigenvalue weighted by molar-refractivity contribution is 9.10. The van der Waals surface area contributed by atoms with Crippen molar-refractivity contribution in [2.45, 2.75) is 19.5 Å². The molecule has 0 aliphatic rings. The summed E-state index contributed by atoms with van der Waals surface area (Å²) in [4.78, 5) is 0. The van der Waals surface area contributed by atoms with Gasteiger partial charge < -0.3 is 9.73 Å². The Morgan fingerprint density at radius 2 is 1.94 bits per heavy atom. The van der Waals surface area contributed by atoms with Gasteiger partial charge in [-0.2, -0.15) is 0 Å². The fourth-order valence-electron chi connectivity index (χ4n) is 1.56. The van der Waals surface area contributed by atoms with Crippen LogP contribution >= 0.6 is 15.9 Å². The van der Waals surface area contributed by atoms with Crippen LogP contribution in [0, 0.1) is 0 Å². The third-order valence-electron chi connectivity index (χ3n) is 2.51. The minimum absolute atomic E-state index is 0.324. The van der Waals surface area contributed by atoms with Gasteiger partial charge in [0, 0.05) is 6.04 Å². The average Bonchev–Trinajstić information content (AvgIpc) is 2.73. The molecule has 1 aromatic heterocycles. The van der Waals surface area contributed by atoms with Crippen molar-refractivity contribution < 1.29 is 4.42 Å². The van der Waals surface area contributed by atoms with Gasteiger partial charge in [0.1, 0.15) is 5.76 Å². The van der Waals surface area contributed by atoms with Crippen LogP contribution in [0.4, 0.5) is 0 Å². The van der Waals surface area contributed by atoms with E-state index in [9.17, 15) is 0 Å². The maximum absolute atomic E-state index is 5.42. The van der Waals surface area contributed by atoms with Gasteiger partial charge in [-0.05, 0) is 40.5 Å². The Balaban J connectivity index is 1.91. The molecule has 1 heterocycles. The van der Waals surface area contributed by atoms with Gasteiger partial charge in [-0.3, -0.25) is 0 Å². The fourth-order valence-corrected chi connectivity index (χ4v) is 1.90. The molecule has 0 radical (unpaired) electrons. The maximum Gasteiger partial charge on any atom is 0.169 e. The van der Waals surface area contributed by atoms with Gasteiger partial charge in [-0.15, -0.1) is 0 Å². The van der Waals surface area contributed by atoms with Crippen LogP contribution in [0.5, 0.6) is 0 Å². The molecule has 0 unspecified atom stereocenters. The molecule has 1 N–H and O–H groups in total. The molecular formula is C13H14BrNO. The number of nitrogens with one attached hydrogen (secondary N) is 1. The normalized spacial score (nSPS) is 12.6. The maximum atomic E-state index is 5.42. The smallest absolute Gasteiger partial charge is 0.169 e. The summed E-state index contributed by atoms with van der Waals surface area (Å²) in [5.41, 5.74) is 1.29. The molecule has 0 aliphatic carbocycles. The lowest BCUT2D eigenvalue weighted by Crippen LogP contribution is -2.17. The van der Waals surface area contributed by atoms with Gasteiger partial charge in [0.25, 0.3) is 0 Å². The third-order valence-corrected chi connectivity index (χ3v) is 2.94. The minimum Gasteiger partial charge on any atom is -0.453 e. The Morgan fingerprint density at radius 1 is 1.19 bits per heavy atom. The van der Waals surface area contributed by atoms with E-state index in [1.807, 2.05) is 18.2 Å². The first-order valence-corrected chi connectivity index (χ1v) is 6.07. The Bertz CT molecular complexity index is 438. The molecule has 0 fully saturated rings. The first kappa shape index (κ1) is 11.4. The molecular weight excluding hydrogens is 266 g/mol. The van der Waals surface area contributed by atoms with Crippen molar-refractivity contribution in [3.8, 4) is 0 Å². The molecule has 2 rings (SSSR count). The Kier molecular flexibility index (Phi) is 3.80. The lowest BCUT2D eigenvalue weighted by Gasteiger charge is -2.12. The van der Waals surface area contributed by atoms with Crippen LogP contribution in [-0.2, 0) is 6.54 Å². The van der Waals surface area contributed by atoms with E-state index >= 15 is 0 Å². The van der Waals surface area contributed by atoms with Crippen LogP contribution < -0.4 is 5.32 Å². The van der Waals surface area contributed by atoms with Gasteiger partial charge in [0.15, 0.2) is 4.67 Å². The first-order valence-electron chi connectivity index (χ1n) is 5.28. The van der Waals surface area contributed by atoms with Gasteiger partial charge in [0.05, 0.1) is 6.54 Å². The Labute approximate surface area is 104 Å². The summed E-state index contributed by atoms with van der Waals surface area (Å²) in [5, 5.41) is 3.41. The van der Waals surface area contributed by atoms with E-state index in [0.29, 0.717) is 6.04 Å². The van der Waals surface area contributed by atoms with Crippen molar-refractivity contribution in [2.75, 3.05) is 0 Å². The van der Waals surface area contributed by atoms with Crippen LogP contribution in [0.15, 0.2) is 51.6 Å². The van der Waals surface area contributed by atoms with Crippen molar-refractivity contribution in [2.24, 2.45) is 0 Å². The zero-order chi connectivity index (χ0) is 11.4. The molecule has 0 spiro atoms. The number of furan rings is 1. The number of halogens is 1. The number of hydrogen-bond donors (Lipinski definition) is 1.